The molecule has 1 amide bonds. The predicted molar refractivity (Wildman–Crippen MR) is 113 cm³/mol. The first-order chi connectivity index (χ1) is 14.4. The van der Waals surface area contributed by atoms with Crippen LogP contribution in [0.5, 0.6) is 5.75 Å². The predicted octanol–water partition coefficient (Wildman–Crippen LogP) is 3.77. The normalized spacial score (nSPS) is 19.3. The van der Waals surface area contributed by atoms with Crippen LogP contribution in [-0.4, -0.2) is 41.3 Å². The molecular formula is C22H28ClN3O4. The molecule has 8 heteroatoms. The lowest BCUT2D eigenvalue weighted by Crippen LogP contribution is -2.45. The lowest BCUT2D eigenvalue weighted by molar-refractivity contribution is -0.133. The van der Waals surface area contributed by atoms with E-state index < -0.39 is 0 Å². The van der Waals surface area contributed by atoms with E-state index in [4.69, 9.17) is 31.3 Å². The van der Waals surface area contributed by atoms with E-state index in [9.17, 15) is 4.79 Å². The molecule has 162 valence electrons. The van der Waals surface area contributed by atoms with Crippen LogP contribution in [0.3, 0.4) is 0 Å². The number of hydrogen-bond donors (Lipinski definition) is 1. The molecule has 30 heavy (non-hydrogen) atoms. The molecular weight excluding hydrogens is 406 g/mol. The molecule has 0 spiro atoms. The van der Waals surface area contributed by atoms with Gasteiger partial charge in [-0.3, -0.25) is 9.80 Å². The second-order valence-electron chi connectivity index (χ2n) is 8.26. The molecule has 2 atom stereocenters. The Morgan fingerprint density at radius 2 is 2.20 bits per heavy atom. The van der Waals surface area contributed by atoms with Crippen molar-refractivity contribution in [1.29, 1.82) is 0 Å². The fourth-order valence-corrected chi connectivity index (χ4v) is 3.75. The van der Waals surface area contributed by atoms with Gasteiger partial charge in [-0.1, -0.05) is 11.6 Å². The average Bonchev–Trinajstić information content (AvgIpc) is 3.46. The number of halogens is 1. The van der Waals surface area contributed by atoms with Crippen molar-refractivity contribution in [3.8, 4) is 17.2 Å². The highest BCUT2D eigenvalue weighted by molar-refractivity contribution is 6.32. The van der Waals surface area contributed by atoms with Gasteiger partial charge in [-0.25, -0.2) is 10.8 Å². The number of nitrogens with zero attached hydrogens (tertiary/aromatic N) is 2. The Hall–Kier alpha value is -2.09. The van der Waals surface area contributed by atoms with Gasteiger partial charge in [0.1, 0.15) is 11.5 Å². The molecule has 7 nitrogen and oxygen atoms in total. The molecule has 1 fully saturated rings. The highest BCUT2D eigenvalue weighted by Gasteiger charge is 2.27. The van der Waals surface area contributed by atoms with Crippen LogP contribution in [0.1, 0.15) is 44.6 Å². The third-order valence-electron chi connectivity index (χ3n) is 5.66. The van der Waals surface area contributed by atoms with Gasteiger partial charge in [0.25, 0.3) is 0 Å². The summed E-state index contributed by atoms with van der Waals surface area (Å²) in [5, 5.41) is 1.76. The number of amides is 1. The van der Waals surface area contributed by atoms with E-state index >= 15 is 0 Å². The summed E-state index contributed by atoms with van der Waals surface area (Å²) in [7, 11) is 0. The number of ether oxygens (including phenoxy) is 2. The van der Waals surface area contributed by atoms with Crippen molar-refractivity contribution in [2.75, 3.05) is 13.2 Å². The summed E-state index contributed by atoms with van der Waals surface area (Å²) >= 11 is 6.40. The van der Waals surface area contributed by atoms with Gasteiger partial charge in [-0.05, 0) is 56.7 Å². The number of oxazole rings is 1. The Kier molecular flexibility index (Phi) is 6.32. The highest BCUT2D eigenvalue weighted by atomic mass is 35.5. The minimum absolute atomic E-state index is 0.0166. The zero-order valence-corrected chi connectivity index (χ0v) is 18.2. The van der Waals surface area contributed by atoms with Crippen LogP contribution in [-0.2, 0) is 22.4 Å². The van der Waals surface area contributed by atoms with Crippen molar-refractivity contribution in [3.63, 3.8) is 0 Å². The van der Waals surface area contributed by atoms with Crippen LogP contribution in [0.4, 0.5) is 0 Å². The molecule has 1 heterocycles. The maximum atomic E-state index is 11.4. The Morgan fingerprint density at radius 1 is 1.40 bits per heavy atom. The zero-order chi connectivity index (χ0) is 21.3. The van der Waals surface area contributed by atoms with E-state index in [1.54, 1.807) is 0 Å². The molecule has 1 saturated carbocycles. The molecule has 2 aliphatic carbocycles. The van der Waals surface area contributed by atoms with Gasteiger partial charge >= 0.3 is 0 Å². The first-order valence-electron chi connectivity index (χ1n) is 10.5. The Balaban J connectivity index is 1.37. The summed E-state index contributed by atoms with van der Waals surface area (Å²) in [6, 6.07) is 5.47. The smallest absolute Gasteiger partial charge is 0.233 e. The van der Waals surface area contributed by atoms with Crippen molar-refractivity contribution in [2.24, 2.45) is 11.8 Å². The second kappa shape index (κ2) is 8.96. The minimum atomic E-state index is -0.183. The van der Waals surface area contributed by atoms with Gasteiger partial charge in [0.2, 0.25) is 11.8 Å². The van der Waals surface area contributed by atoms with Crippen molar-refractivity contribution in [2.45, 2.75) is 58.1 Å². The number of nitrogens with two attached hydrogens (primary N) is 1. The highest BCUT2D eigenvalue weighted by Crippen LogP contribution is 2.35. The van der Waals surface area contributed by atoms with Crippen molar-refractivity contribution in [1.82, 2.24) is 9.99 Å². The zero-order valence-electron chi connectivity index (χ0n) is 17.4. The van der Waals surface area contributed by atoms with E-state index in [2.05, 4.69) is 4.98 Å². The molecule has 0 aliphatic heterocycles. The number of aromatic nitrogens is 1. The standard InChI is InChI=1S/C22H28ClN3O4/c1-13(26(24)14(2)27)11-28-17-6-7-19-21(10-17)30-22(25-19)16-5-8-20(18(23)9-16)29-12-15-3-4-15/h5,8-9,13,15,17H,3-4,6-7,10-12,24H2,1-2H3. The van der Waals surface area contributed by atoms with Crippen LogP contribution in [0.2, 0.25) is 5.02 Å². The van der Waals surface area contributed by atoms with Gasteiger partial charge in [0.15, 0.2) is 0 Å². The van der Waals surface area contributed by atoms with E-state index in [-0.39, 0.29) is 18.1 Å². The monoisotopic (exact) mass is 433 g/mol. The summed E-state index contributed by atoms with van der Waals surface area (Å²) in [5.41, 5.74) is 1.80. The minimum Gasteiger partial charge on any atom is -0.492 e. The molecule has 2 aliphatic rings. The number of aryl methyl sites for hydroxylation is 1. The van der Waals surface area contributed by atoms with Gasteiger partial charge < -0.3 is 13.9 Å². The topological polar surface area (TPSA) is 90.8 Å². The van der Waals surface area contributed by atoms with Crippen molar-refractivity contribution in [3.05, 3.63) is 34.7 Å². The Labute approximate surface area is 181 Å². The van der Waals surface area contributed by atoms with E-state index in [0.29, 0.717) is 35.6 Å². The molecule has 4 rings (SSSR count). The third kappa shape index (κ3) is 4.96. The third-order valence-corrected chi connectivity index (χ3v) is 5.95. The summed E-state index contributed by atoms with van der Waals surface area (Å²) in [6.45, 7) is 4.41. The molecule has 1 aromatic heterocycles. The van der Waals surface area contributed by atoms with E-state index in [1.807, 2.05) is 25.1 Å². The molecule has 2 N–H and O–H groups in total. The SMILES string of the molecule is CC(=O)N(N)C(C)COC1CCc2nc(-c3ccc(OCC4CC4)c(Cl)c3)oc2C1. The summed E-state index contributed by atoms with van der Waals surface area (Å²) in [4.78, 5) is 16.0. The molecule has 0 saturated heterocycles. The van der Waals surface area contributed by atoms with Gasteiger partial charge in [-0.15, -0.1) is 0 Å². The van der Waals surface area contributed by atoms with Crippen LogP contribution in [0.15, 0.2) is 22.6 Å². The molecule has 2 unspecified atom stereocenters. The summed E-state index contributed by atoms with van der Waals surface area (Å²) < 4.78 is 17.8. The number of fused-ring (bicyclic) bond motifs is 1. The molecule has 0 radical (unpaired) electrons. The number of carbonyl (C=O) groups is 1. The van der Waals surface area contributed by atoms with Gasteiger partial charge in [0, 0.05) is 18.9 Å². The quantitative estimate of drug-likeness (QED) is 0.387. The number of carbonyl (C=O) groups excluding carboxylic acids is 1. The van der Waals surface area contributed by atoms with E-state index in [0.717, 1.165) is 36.5 Å². The fraction of sp³-hybridized carbons (Fsp3) is 0.545. The number of hydrazine groups is 1. The van der Waals surface area contributed by atoms with Crippen LogP contribution >= 0.6 is 11.6 Å². The average molecular weight is 434 g/mol. The van der Waals surface area contributed by atoms with Crippen molar-refractivity contribution < 1.29 is 18.7 Å². The Morgan fingerprint density at radius 3 is 2.90 bits per heavy atom. The molecule has 0 bridgehead atoms. The van der Waals surface area contributed by atoms with Crippen LogP contribution < -0.4 is 10.6 Å². The van der Waals surface area contributed by atoms with E-state index in [1.165, 1.54) is 24.8 Å². The number of rotatable bonds is 8. The van der Waals surface area contributed by atoms with Gasteiger partial charge in [-0.2, -0.15) is 0 Å². The fourth-order valence-electron chi connectivity index (χ4n) is 3.52. The summed E-state index contributed by atoms with van der Waals surface area (Å²) in [5.74, 6) is 8.33. The number of hydrogen-bond acceptors (Lipinski definition) is 6. The van der Waals surface area contributed by atoms with Crippen molar-refractivity contribution >= 4 is 17.5 Å². The second-order valence-corrected chi connectivity index (χ2v) is 8.67. The largest absolute Gasteiger partial charge is 0.492 e. The summed E-state index contributed by atoms with van der Waals surface area (Å²) in [6.07, 6.45) is 4.78. The lowest BCUT2D eigenvalue weighted by Gasteiger charge is -2.26. The lowest BCUT2D eigenvalue weighted by atomic mass is 9.99. The van der Waals surface area contributed by atoms with Gasteiger partial charge in [0.05, 0.1) is 36.1 Å². The van der Waals surface area contributed by atoms with Crippen LogP contribution in [0, 0.1) is 5.92 Å². The first-order valence-corrected chi connectivity index (χ1v) is 10.9. The van der Waals surface area contributed by atoms with Crippen LogP contribution in [0.25, 0.3) is 11.5 Å². The first kappa shape index (κ1) is 21.2. The maximum Gasteiger partial charge on any atom is 0.233 e. The molecule has 1 aromatic carbocycles. The Bertz CT molecular complexity index is 912. The molecule has 2 aromatic rings. The number of benzene rings is 1. The maximum absolute atomic E-state index is 11.4.